The van der Waals surface area contributed by atoms with E-state index in [9.17, 15) is 13.2 Å². The predicted molar refractivity (Wildman–Crippen MR) is 101 cm³/mol. The third-order valence-electron chi connectivity index (χ3n) is 4.31. The van der Waals surface area contributed by atoms with Gasteiger partial charge in [-0.05, 0) is 43.3 Å². The molecule has 0 aliphatic carbocycles. The third kappa shape index (κ3) is 3.48. The second-order valence-electron chi connectivity index (χ2n) is 5.87. The molecule has 0 aliphatic rings. The predicted octanol–water partition coefficient (Wildman–Crippen LogP) is 2.78. The quantitative estimate of drug-likeness (QED) is 0.722. The Hall–Kier alpha value is -2.67. The van der Waals surface area contributed by atoms with Crippen molar-refractivity contribution in [1.29, 1.82) is 0 Å². The van der Waals surface area contributed by atoms with Gasteiger partial charge in [0.15, 0.2) is 9.84 Å². The minimum atomic E-state index is -3.26. The van der Waals surface area contributed by atoms with Crippen molar-refractivity contribution in [3.05, 3.63) is 59.9 Å². The average Bonchev–Trinajstić information content (AvgIpc) is 3.03. The number of carbonyl (C=O) groups excluding carboxylic acids is 1. The number of nitrogens with one attached hydrogen (secondary N) is 1. The highest BCUT2D eigenvalue weighted by Crippen LogP contribution is 2.16. The first-order valence-electron chi connectivity index (χ1n) is 8.51. The van der Waals surface area contributed by atoms with Crippen LogP contribution in [-0.2, 0) is 22.9 Å². The van der Waals surface area contributed by atoms with Gasteiger partial charge >= 0.3 is 0 Å². The Bertz CT molecular complexity index is 1040. The van der Waals surface area contributed by atoms with Gasteiger partial charge < -0.3 is 9.88 Å². The van der Waals surface area contributed by atoms with Crippen LogP contribution in [0.1, 0.15) is 30.0 Å². The van der Waals surface area contributed by atoms with E-state index in [0.717, 1.165) is 23.4 Å². The van der Waals surface area contributed by atoms with Crippen molar-refractivity contribution in [2.45, 2.75) is 31.8 Å². The number of benzene rings is 2. The van der Waals surface area contributed by atoms with E-state index in [0.29, 0.717) is 12.1 Å². The van der Waals surface area contributed by atoms with E-state index < -0.39 is 9.84 Å². The van der Waals surface area contributed by atoms with Gasteiger partial charge in [0, 0.05) is 12.1 Å². The molecule has 0 unspecified atom stereocenters. The maximum Gasteiger partial charge on any atom is 0.251 e. The summed E-state index contributed by atoms with van der Waals surface area (Å²) in [4.78, 5) is 17.2. The van der Waals surface area contributed by atoms with Crippen molar-refractivity contribution >= 4 is 26.8 Å². The fourth-order valence-electron chi connectivity index (χ4n) is 2.85. The topological polar surface area (TPSA) is 81.1 Å². The number of rotatable bonds is 6. The van der Waals surface area contributed by atoms with Crippen LogP contribution in [0, 0.1) is 0 Å². The van der Waals surface area contributed by atoms with Crippen LogP contribution in [0.4, 0.5) is 0 Å². The fourth-order valence-corrected chi connectivity index (χ4v) is 3.74. The molecular formula is C19H21N3O3S. The Labute approximate surface area is 152 Å². The lowest BCUT2D eigenvalue weighted by Gasteiger charge is -2.08. The van der Waals surface area contributed by atoms with Gasteiger partial charge in [0.2, 0.25) is 0 Å². The average molecular weight is 371 g/mol. The molecule has 1 amide bonds. The van der Waals surface area contributed by atoms with E-state index in [1.54, 1.807) is 6.92 Å². The van der Waals surface area contributed by atoms with Gasteiger partial charge in [0.1, 0.15) is 5.82 Å². The monoisotopic (exact) mass is 371 g/mol. The van der Waals surface area contributed by atoms with Gasteiger partial charge in [-0.1, -0.05) is 19.1 Å². The summed E-state index contributed by atoms with van der Waals surface area (Å²) in [6.45, 7) is 4.69. The van der Waals surface area contributed by atoms with E-state index in [2.05, 4.69) is 14.9 Å². The number of hydrogen-bond donors (Lipinski definition) is 1. The molecule has 2 aromatic carbocycles. The Morgan fingerprint density at radius 1 is 1.08 bits per heavy atom. The minimum Gasteiger partial charge on any atom is -0.345 e. The summed E-state index contributed by atoms with van der Waals surface area (Å²) in [6.07, 6.45) is 0. The van der Waals surface area contributed by atoms with Crippen LogP contribution in [-0.4, -0.2) is 29.6 Å². The van der Waals surface area contributed by atoms with Gasteiger partial charge in [-0.3, -0.25) is 4.79 Å². The van der Waals surface area contributed by atoms with Gasteiger partial charge in [-0.25, -0.2) is 13.4 Å². The zero-order valence-electron chi connectivity index (χ0n) is 14.8. The Morgan fingerprint density at radius 3 is 2.42 bits per heavy atom. The van der Waals surface area contributed by atoms with Gasteiger partial charge in [-0.15, -0.1) is 0 Å². The number of aromatic nitrogens is 2. The standard InChI is InChI=1S/C19H21N3O3S/c1-3-22-17-8-6-5-7-16(17)21-18(22)13-20-19(23)14-9-11-15(12-10-14)26(24,25)4-2/h5-12H,3-4,13H2,1-2H3,(H,20,23). The Morgan fingerprint density at radius 2 is 1.77 bits per heavy atom. The van der Waals surface area contributed by atoms with E-state index in [4.69, 9.17) is 0 Å². The van der Waals surface area contributed by atoms with Crippen molar-refractivity contribution in [2.24, 2.45) is 0 Å². The van der Waals surface area contributed by atoms with Crippen LogP contribution in [0.2, 0.25) is 0 Å². The van der Waals surface area contributed by atoms with Crippen molar-refractivity contribution < 1.29 is 13.2 Å². The summed E-state index contributed by atoms with van der Waals surface area (Å²) in [5.41, 5.74) is 2.35. The number of sulfone groups is 1. The molecule has 7 heteroatoms. The summed E-state index contributed by atoms with van der Waals surface area (Å²) in [5.74, 6) is 0.554. The van der Waals surface area contributed by atoms with Gasteiger partial charge in [-0.2, -0.15) is 0 Å². The molecule has 0 fully saturated rings. The third-order valence-corrected chi connectivity index (χ3v) is 6.06. The summed E-state index contributed by atoms with van der Waals surface area (Å²) >= 11 is 0. The number of para-hydroxylation sites is 2. The molecule has 0 aliphatic heterocycles. The molecule has 0 bridgehead atoms. The Balaban J connectivity index is 1.75. The lowest BCUT2D eigenvalue weighted by atomic mass is 10.2. The van der Waals surface area contributed by atoms with Crippen molar-refractivity contribution in [3.8, 4) is 0 Å². The van der Waals surface area contributed by atoms with Gasteiger partial charge in [0.25, 0.3) is 5.91 Å². The molecule has 1 heterocycles. The first-order valence-corrected chi connectivity index (χ1v) is 10.2. The smallest absolute Gasteiger partial charge is 0.251 e. The number of carbonyl (C=O) groups is 1. The second kappa shape index (κ2) is 7.29. The summed E-state index contributed by atoms with van der Waals surface area (Å²) in [5, 5.41) is 2.85. The molecule has 0 spiro atoms. The summed E-state index contributed by atoms with van der Waals surface area (Å²) < 4.78 is 25.7. The molecule has 136 valence electrons. The SMILES string of the molecule is CCn1c(CNC(=O)c2ccc(S(=O)(=O)CC)cc2)nc2ccccc21. The molecule has 1 N–H and O–H groups in total. The zero-order valence-corrected chi connectivity index (χ0v) is 15.6. The molecule has 6 nitrogen and oxygen atoms in total. The van der Waals surface area contributed by atoms with E-state index >= 15 is 0 Å². The summed E-state index contributed by atoms with van der Waals surface area (Å²) in [6, 6.07) is 13.8. The number of aryl methyl sites for hydroxylation is 1. The van der Waals surface area contributed by atoms with Crippen molar-refractivity contribution in [2.75, 3.05) is 5.75 Å². The maximum absolute atomic E-state index is 12.4. The van der Waals surface area contributed by atoms with Gasteiger partial charge in [0.05, 0.1) is 28.2 Å². The largest absolute Gasteiger partial charge is 0.345 e. The van der Waals surface area contributed by atoms with Crippen LogP contribution in [0.3, 0.4) is 0 Å². The van der Waals surface area contributed by atoms with Crippen LogP contribution in [0.15, 0.2) is 53.4 Å². The number of amides is 1. The first kappa shape index (κ1) is 18.1. The van der Waals surface area contributed by atoms with Crippen molar-refractivity contribution in [1.82, 2.24) is 14.9 Å². The van der Waals surface area contributed by atoms with Crippen LogP contribution >= 0.6 is 0 Å². The molecule has 0 atom stereocenters. The number of hydrogen-bond acceptors (Lipinski definition) is 4. The van der Waals surface area contributed by atoms with E-state index in [1.807, 2.05) is 31.2 Å². The molecule has 3 rings (SSSR count). The summed E-state index contributed by atoms with van der Waals surface area (Å²) in [7, 11) is -3.26. The van der Waals surface area contributed by atoms with Crippen LogP contribution < -0.4 is 5.32 Å². The highest BCUT2D eigenvalue weighted by Gasteiger charge is 2.14. The second-order valence-corrected chi connectivity index (χ2v) is 8.15. The molecular weight excluding hydrogens is 350 g/mol. The lowest BCUT2D eigenvalue weighted by Crippen LogP contribution is -2.24. The maximum atomic E-state index is 12.4. The normalized spacial score (nSPS) is 11.6. The van der Waals surface area contributed by atoms with Crippen LogP contribution in [0.5, 0.6) is 0 Å². The number of fused-ring (bicyclic) bond motifs is 1. The van der Waals surface area contributed by atoms with E-state index in [1.165, 1.54) is 24.3 Å². The molecule has 1 aromatic heterocycles. The minimum absolute atomic E-state index is 0.0335. The molecule has 3 aromatic rings. The molecule has 0 radical (unpaired) electrons. The highest BCUT2D eigenvalue weighted by molar-refractivity contribution is 7.91. The van der Waals surface area contributed by atoms with Crippen molar-refractivity contribution in [3.63, 3.8) is 0 Å². The Kier molecular flexibility index (Phi) is 5.08. The zero-order chi connectivity index (χ0) is 18.7. The van der Waals surface area contributed by atoms with Crippen LogP contribution in [0.25, 0.3) is 11.0 Å². The molecule has 0 saturated carbocycles. The lowest BCUT2D eigenvalue weighted by molar-refractivity contribution is 0.0949. The molecule has 0 saturated heterocycles. The number of imidazole rings is 1. The highest BCUT2D eigenvalue weighted by atomic mass is 32.2. The first-order chi connectivity index (χ1) is 12.5. The fraction of sp³-hybridized carbons (Fsp3) is 0.263. The number of nitrogens with zero attached hydrogens (tertiary/aromatic N) is 2. The molecule has 26 heavy (non-hydrogen) atoms. The van der Waals surface area contributed by atoms with E-state index in [-0.39, 0.29) is 16.6 Å².